The maximum Gasteiger partial charge on any atom is 0.416 e. The van der Waals surface area contributed by atoms with Crippen molar-refractivity contribution in [1.82, 2.24) is 4.98 Å². The van der Waals surface area contributed by atoms with Gasteiger partial charge in [-0.25, -0.2) is 4.98 Å². The molecule has 1 aromatic carbocycles. The van der Waals surface area contributed by atoms with E-state index in [1.54, 1.807) is 6.20 Å². The second-order valence-corrected chi connectivity index (χ2v) is 5.94. The van der Waals surface area contributed by atoms with Crippen molar-refractivity contribution in [3.05, 3.63) is 51.5 Å². The zero-order chi connectivity index (χ0) is 14.0. The van der Waals surface area contributed by atoms with E-state index in [0.717, 1.165) is 27.6 Å². The summed E-state index contributed by atoms with van der Waals surface area (Å²) in [6, 6.07) is 5.09. The van der Waals surface area contributed by atoms with E-state index in [4.69, 9.17) is 11.6 Å². The van der Waals surface area contributed by atoms with Crippen LogP contribution in [0.4, 0.5) is 13.2 Å². The van der Waals surface area contributed by atoms with Gasteiger partial charge < -0.3 is 0 Å². The highest BCUT2D eigenvalue weighted by Crippen LogP contribution is 2.32. The van der Waals surface area contributed by atoms with Gasteiger partial charge in [0.15, 0.2) is 0 Å². The van der Waals surface area contributed by atoms with E-state index < -0.39 is 11.7 Å². The molecule has 1 heterocycles. The molecule has 0 spiro atoms. The number of rotatable bonds is 3. The lowest BCUT2D eigenvalue weighted by Crippen LogP contribution is -2.04. The molecule has 1 aromatic heterocycles. The quantitative estimate of drug-likeness (QED) is 0.728. The van der Waals surface area contributed by atoms with E-state index in [1.165, 1.54) is 23.5 Å². The van der Waals surface area contributed by atoms with Crippen molar-refractivity contribution in [3.63, 3.8) is 0 Å². The van der Waals surface area contributed by atoms with Crippen LogP contribution in [0.3, 0.4) is 0 Å². The molecule has 2 aromatic rings. The van der Waals surface area contributed by atoms with Crippen LogP contribution in [-0.2, 0) is 12.6 Å². The van der Waals surface area contributed by atoms with E-state index in [0.29, 0.717) is 6.42 Å². The smallest absolute Gasteiger partial charge is 0.250 e. The number of thiazole rings is 1. The molecule has 0 saturated heterocycles. The van der Waals surface area contributed by atoms with E-state index in [-0.39, 0.29) is 5.38 Å². The van der Waals surface area contributed by atoms with Crippen LogP contribution in [-0.4, -0.2) is 4.98 Å². The molecule has 0 radical (unpaired) electrons. The molecule has 102 valence electrons. The molecule has 0 aliphatic rings. The summed E-state index contributed by atoms with van der Waals surface area (Å²) in [4.78, 5) is 5.04. The Morgan fingerprint density at radius 3 is 2.37 bits per heavy atom. The van der Waals surface area contributed by atoms with Crippen molar-refractivity contribution < 1.29 is 13.2 Å². The highest BCUT2D eigenvalue weighted by molar-refractivity contribution is 7.11. The van der Waals surface area contributed by atoms with Gasteiger partial charge in [0.05, 0.1) is 15.9 Å². The van der Waals surface area contributed by atoms with Crippen LogP contribution in [0.1, 0.15) is 26.4 Å². The van der Waals surface area contributed by atoms with Crippen LogP contribution in [0.25, 0.3) is 0 Å². The summed E-state index contributed by atoms with van der Waals surface area (Å²) >= 11 is 7.73. The van der Waals surface area contributed by atoms with Gasteiger partial charge in [-0.2, -0.15) is 13.2 Å². The largest absolute Gasteiger partial charge is 0.416 e. The third-order valence-corrected chi connectivity index (χ3v) is 4.19. The van der Waals surface area contributed by atoms with Crippen molar-refractivity contribution in [2.45, 2.75) is 24.9 Å². The number of aromatic nitrogens is 1. The van der Waals surface area contributed by atoms with Crippen LogP contribution in [0.15, 0.2) is 30.5 Å². The lowest BCUT2D eigenvalue weighted by molar-refractivity contribution is -0.137. The minimum absolute atomic E-state index is 0.261. The Bertz CT molecular complexity index is 548. The summed E-state index contributed by atoms with van der Waals surface area (Å²) < 4.78 is 37.3. The molecule has 0 bridgehead atoms. The summed E-state index contributed by atoms with van der Waals surface area (Å²) in [5.74, 6) is 0. The number of halogens is 4. The Labute approximate surface area is 118 Å². The monoisotopic (exact) mass is 305 g/mol. The topological polar surface area (TPSA) is 12.9 Å². The summed E-state index contributed by atoms with van der Waals surface area (Å²) in [7, 11) is 0. The van der Waals surface area contributed by atoms with Crippen LogP contribution < -0.4 is 0 Å². The molecule has 0 saturated carbocycles. The molecule has 1 nitrogen and oxygen atoms in total. The highest BCUT2D eigenvalue weighted by atomic mass is 35.5. The second kappa shape index (κ2) is 5.51. The molecule has 2 rings (SSSR count). The van der Waals surface area contributed by atoms with Gasteiger partial charge in [-0.1, -0.05) is 12.1 Å². The predicted molar refractivity (Wildman–Crippen MR) is 70.6 cm³/mol. The fourth-order valence-electron chi connectivity index (χ4n) is 1.66. The molecule has 0 fully saturated rings. The second-order valence-electron chi connectivity index (χ2n) is 4.15. The lowest BCUT2D eigenvalue weighted by atomic mass is 10.1. The third-order valence-electron chi connectivity index (χ3n) is 2.64. The van der Waals surface area contributed by atoms with Crippen molar-refractivity contribution in [3.8, 4) is 0 Å². The molecule has 0 aliphatic heterocycles. The standard InChI is InChI=1S/C13H11ClF3NS/c1-8-18-7-12(19-8)11(14)6-9-2-4-10(5-3-9)13(15,16)17/h2-5,7,11H,6H2,1H3. The molecular formula is C13H11ClF3NS. The first-order chi connectivity index (χ1) is 8.86. The Morgan fingerprint density at radius 2 is 1.89 bits per heavy atom. The van der Waals surface area contributed by atoms with Crippen molar-refractivity contribution >= 4 is 22.9 Å². The maximum atomic E-state index is 12.4. The molecule has 0 aliphatic carbocycles. The third kappa shape index (κ3) is 3.70. The van der Waals surface area contributed by atoms with Gasteiger partial charge in [0.2, 0.25) is 0 Å². The Balaban J connectivity index is 2.07. The van der Waals surface area contributed by atoms with Gasteiger partial charge in [0.25, 0.3) is 0 Å². The zero-order valence-corrected chi connectivity index (χ0v) is 11.6. The minimum Gasteiger partial charge on any atom is -0.250 e. The van der Waals surface area contributed by atoms with E-state index in [9.17, 15) is 13.2 Å². The summed E-state index contributed by atoms with van der Waals surface area (Å²) in [6.45, 7) is 1.88. The molecular weight excluding hydrogens is 295 g/mol. The first kappa shape index (κ1) is 14.3. The highest BCUT2D eigenvalue weighted by Gasteiger charge is 2.30. The molecule has 6 heteroatoms. The fraction of sp³-hybridized carbons (Fsp3) is 0.308. The fourth-order valence-corrected chi connectivity index (χ4v) is 2.79. The predicted octanol–water partition coefficient (Wildman–Crippen LogP) is 4.99. The Hall–Kier alpha value is -1.07. The van der Waals surface area contributed by atoms with Gasteiger partial charge in [-0.15, -0.1) is 22.9 Å². The van der Waals surface area contributed by atoms with Crippen molar-refractivity contribution in [2.75, 3.05) is 0 Å². The van der Waals surface area contributed by atoms with E-state index in [2.05, 4.69) is 4.98 Å². The number of benzene rings is 1. The van der Waals surface area contributed by atoms with Crippen LogP contribution >= 0.6 is 22.9 Å². The normalized spacial score (nSPS) is 13.5. The van der Waals surface area contributed by atoms with Crippen molar-refractivity contribution in [1.29, 1.82) is 0 Å². The molecule has 0 amide bonds. The minimum atomic E-state index is -4.30. The Morgan fingerprint density at radius 1 is 1.26 bits per heavy atom. The van der Waals surface area contributed by atoms with Crippen LogP contribution in [0, 0.1) is 6.92 Å². The average Bonchev–Trinajstić information content (AvgIpc) is 2.75. The van der Waals surface area contributed by atoms with Gasteiger partial charge >= 0.3 is 6.18 Å². The zero-order valence-electron chi connectivity index (χ0n) is 10.0. The van der Waals surface area contributed by atoms with Gasteiger partial charge in [0.1, 0.15) is 0 Å². The van der Waals surface area contributed by atoms with Gasteiger partial charge in [0, 0.05) is 11.1 Å². The number of aryl methyl sites for hydroxylation is 1. The van der Waals surface area contributed by atoms with E-state index in [1.807, 2.05) is 6.92 Å². The van der Waals surface area contributed by atoms with Gasteiger partial charge in [-0.05, 0) is 31.0 Å². The maximum absolute atomic E-state index is 12.4. The number of alkyl halides is 4. The summed E-state index contributed by atoms with van der Waals surface area (Å²) in [6.07, 6.45) is -2.10. The molecule has 1 unspecified atom stereocenters. The number of hydrogen-bond acceptors (Lipinski definition) is 2. The number of nitrogens with zero attached hydrogens (tertiary/aromatic N) is 1. The average molecular weight is 306 g/mol. The lowest BCUT2D eigenvalue weighted by Gasteiger charge is -2.09. The van der Waals surface area contributed by atoms with Crippen LogP contribution in [0.5, 0.6) is 0 Å². The first-order valence-electron chi connectivity index (χ1n) is 5.59. The number of hydrogen-bond donors (Lipinski definition) is 0. The van der Waals surface area contributed by atoms with E-state index >= 15 is 0 Å². The summed E-state index contributed by atoms with van der Waals surface area (Å²) in [5.41, 5.74) is 0.134. The SMILES string of the molecule is Cc1ncc(C(Cl)Cc2ccc(C(F)(F)F)cc2)s1. The Kier molecular flexibility index (Phi) is 4.16. The summed E-state index contributed by atoms with van der Waals surface area (Å²) in [5, 5.41) is 0.663. The van der Waals surface area contributed by atoms with Crippen molar-refractivity contribution in [2.24, 2.45) is 0 Å². The van der Waals surface area contributed by atoms with Gasteiger partial charge in [-0.3, -0.25) is 0 Å². The molecule has 1 atom stereocenters. The molecule has 0 N–H and O–H groups in total. The first-order valence-corrected chi connectivity index (χ1v) is 6.84. The molecule has 19 heavy (non-hydrogen) atoms. The van der Waals surface area contributed by atoms with Crippen LogP contribution in [0.2, 0.25) is 0 Å².